The predicted octanol–water partition coefficient (Wildman–Crippen LogP) is 7.30. The highest BCUT2D eigenvalue weighted by molar-refractivity contribution is 5.84. The SMILES string of the molecule is COCCCc1cc(F)c(CCc2ccc(C#Cc3ccc4c(F)c(F)ccc4c3)c(F)c2)c(F)c1. The topological polar surface area (TPSA) is 9.23 Å². The average molecular weight is 495 g/mol. The zero-order chi connectivity index (χ0) is 25.7. The van der Waals surface area contributed by atoms with Gasteiger partial charge in [-0.1, -0.05) is 30.0 Å². The van der Waals surface area contributed by atoms with Crippen LogP contribution in [0.25, 0.3) is 10.8 Å². The van der Waals surface area contributed by atoms with E-state index in [0.717, 1.165) is 6.07 Å². The van der Waals surface area contributed by atoms with Crippen molar-refractivity contribution < 1.29 is 26.7 Å². The molecule has 0 aliphatic carbocycles. The Hall–Kier alpha value is -3.69. The van der Waals surface area contributed by atoms with Crippen molar-refractivity contribution in [3.8, 4) is 11.8 Å². The van der Waals surface area contributed by atoms with Crippen LogP contribution in [0.2, 0.25) is 0 Å². The fourth-order valence-corrected chi connectivity index (χ4v) is 4.03. The van der Waals surface area contributed by atoms with Gasteiger partial charge in [-0.2, -0.15) is 0 Å². The van der Waals surface area contributed by atoms with E-state index in [1.165, 1.54) is 42.5 Å². The maximum absolute atomic E-state index is 14.6. The van der Waals surface area contributed by atoms with Crippen LogP contribution in [0.3, 0.4) is 0 Å². The van der Waals surface area contributed by atoms with Crippen molar-refractivity contribution in [2.24, 2.45) is 0 Å². The lowest BCUT2D eigenvalue weighted by atomic mass is 9.99. The Kier molecular flexibility index (Phi) is 8.02. The van der Waals surface area contributed by atoms with Crippen LogP contribution < -0.4 is 0 Å². The van der Waals surface area contributed by atoms with Crippen LogP contribution in [0.4, 0.5) is 22.0 Å². The third kappa shape index (κ3) is 5.92. The highest BCUT2D eigenvalue weighted by atomic mass is 19.2. The number of fused-ring (bicyclic) bond motifs is 1. The van der Waals surface area contributed by atoms with Crippen molar-refractivity contribution in [3.63, 3.8) is 0 Å². The summed E-state index contributed by atoms with van der Waals surface area (Å²) in [5.41, 5.74) is 1.81. The lowest BCUT2D eigenvalue weighted by molar-refractivity contribution is 0.195. The first-order chi connectivity index (χ1) is 17.4. The van der Waals surface area contributed by atoms with E-state index in [1.54, 1.807) is 19.2 Å². The second kappa shape index (κ2) is 11.4. The summed E-state index contributed by atoms with van der Waals surface area (Å²) in [6.45, 7) is 0.514. The van der Waals surface area contributed by atoms with Crippen LogP contribution in [-0.2, 0) is 24.0 Å². The molecule has 0 saturated heterocycles. The molecule has 0 aliphatic heterocycles. The molecule has 0 unspecified atom stereocenters. The molecule has 4 aromatic carbocycles. The van der Waals surface area contributed by atoms with Gasteiger partial charge in [0.2, 0.25) is 0 Å². The van der Waals surface area contributed by atoms with Gasteiger partial charge in [-0.25, -0.2) is 22.0 Å². The summed E-state index contributed by atoms with van der Waals surface area (Å²) in [4.78, 5) is 0. The van der Waals surface area contributed by atoms with Gasteiger partial charge in [0.1, 0.15) is 17.5 Å². The van der Waals surface area contributed by atoms with Gasteiger partial charge >= 0.3 is 0 Å². The van der Waals surface area contributed by atoms with Crippen molar-refractivity contribution in [2.75, 3.05) is 13.7 Å². The van der Waals surface area contributed by atoms with E-state index < -0.39 is 29.1 Å². The molecule has 184 valence electrons. The summed E-state index contributed by atoms with van der Waals surface area (Å²) in [6.07, 6.45) is 1.54. The minimum Gasteiger partial charge on any atom is -0.385 e. The predicted molar refractivity (Wildman–Crippen MR) is 130 cm³/mol. The summed E-state index contributed by atoms with van der Waals surface area (Å²) in [5.74, 6) is 1.96. The van der Waals surface area contributed by atoms with E-state index in [1.807, 2.05) is 0 Å². The quantitative estimate of drug-likeness (QED) is 0.149. The molecule has 0 aromatic heterocycles. The van der Waals surface area contributed by atoms with Gasteiger partial charge < -0.3 is 4.74 Å². The van der Waals surface area contributed by atoms with Crippen LogP contribution in [0.1, 0.15) is 34.2 Å². The fourth-order valence-electron chi connectivity index (χ4n) is 4.03. The van der Waals surface area contributed by atoms with E-state index >= 15 is 0 Å². The Bertz CT molecular complexity index is 1440. The number of halogens is 5. The first-order valence-corrected chi connectivity index (χ1v) is 11.5. The number of hydrogen-bond donors (Lipinski definition) is 0. The van der Waals surface area contributed by atoms with Crippen molar-refractivity contribution >= 4 is 10.8 Å². The second-order valence-corrected chi connectivity index (χ2v) is 8.50. The summed E-state index contributed by atoms with van der Waals surface area (Å²) < 4.78 is 75.8. The number of hydrogen-bond acceptors (Lipinski definition) is 1. The molecule has 4 aromatic rings. The molecule has 0 radical (unpaired) electrons. The zero-order valence-electron chi connectivity index (χ0n) is 19.6. The van der Waals surface area contributed by atoms with Crippen molar-refractivity contribution in [2.45, 2.75) is 25.7 Å². The second-order valence-electron chi connectivity index (χ2n) is 8.50. The molecule has 0 aliphatic rings. The number of ether oxygens (including phenoxy) is 1. The third-order valence-electron chi connectivity index (χ3n) is 5.96. The lowest BCUT2D eigenvalue weighted by Crippen LogP contribution is -2.02. The average Bonchev–Trinajstić information content (AvgIpc) is 2.85. The molecule has 0 spiro atoms. The highest BCUT2D eigenvalue weighted by Gasteiger charge is 2.12. The number of rotatable bonds is 7. The largest absolute Gasteiger partial charge is 0.385 e. The van der Waals surface area contributed by atoms with Gasteiger partial charge in [-0.15, -0.1) is 0 Å². The van der Waals surface area contributed by atoms with E-state index in [-0.39, 0.29) is 29.4 Å². The summed E-state index contributed by atoms with van der Waals surface area (Å²) in [7, 11) is 1.57. The molecule has 0 N–H and O–H groups in total. The van der Waals surface area contributed by atoms with Gasteiger partial charge in [0.05, 0.1) is 5.56 Å². The van der Waals surface area contributed by atoms with E-state index in [2.05, 4.69) is 11.8 Å². The van der Waals surface area contributed by atoms with Crippen LogP contribution in [0, 0.1) is 40.9 Å². The Morgan fingerprint density at radius 3 is 2.14 bits per heavy atom. The summed E-state index contributed by atoms with van der Waals surface area (Å²) >= 11 is 0. The molecular formula is C30H23F5O. The maximum Gasteiger partial charge on any atom is 0.166 e. The smallest absolute Gasteiger partial charge is 0.166 e. The first kappa shape index (κ1) is 25.4. The van der Waals surface area contributed by atoms with Crippen LogP contribution in [-0.4, -0.2) is 13.7 Å². The standard InChI is InChI=1S/C30H23F5O/c1-36-14-2-3-21-17-28(33)25(29(34)18-21)12-7-20-5-9-22(27(32)16-20)8-4-19-6-11-24-23(15-19)10-13-26(31)30(24)35/h5-6,9-11,13,15-18H,2-3,7,12,14H2,1H3. The Morgan fingerprint density at radius 2 is 1.42 bits per heavy atom. The van der Waals surface area contributed by atoms with E-state index in [4.69, 9.17) is 4.74 Å². The lowest BCUT2D eigenvalue weighted by Gasteiger charge is -2.09. The monoisotopic (exact) mass is 494 g/mol. The van der Waals surface area contributed by atoms with Gasteiger partial charge in [-0.3, -0.25) is 0 Å². The molecule has 1 nitrogen and oxygen atoms in total. The molecule has 6 heteroatoms. The van der Waals surface area contributed by atoms with Crippen molar-refractivity contribution in [3.05, 3.63) is 118 Å². The normalized spacial score (nSPS) is 10.9. The fraction of sp³-hybridized carbons (Fsp3) is 0.200. The minimum absolute atomic E-state index is 0.0256. The molecule has 0 heterocycles. The molecule has 0 amide bonds. The molecular weight excluding hydrogens is 471 g/mol. The van der Waals surface area contributed by atoms with Gasteiger partial charge in [0, 0.05) is 30.2 Å². The number of methoxy groups -OCH3 is 1. The number of aryl methyl sites for hydroxylation is 2. The molecule has 36 heavy (non-hydrogen) atoms. The molecule has 0 bridgehead atoms. The third-order valence-corrected chi connectivity index (χ3v) is 5.96. The van der Waals surface area contributed by atoms with E-state index in [0.29, 0.717) is 41.5 Å². The van der Waals surface area contributed by atoms with Gasteiger partial charge in [0.25, 0.3) is 0 Å². The van der Waals surface area contributed by atoms with Crippen molar-refractivity contribution in [1.29, 1.82) is 0 Å². The highest BCUT2D eigenvalue weighted by Crippen LogP contribution is 2.22. The van der Waals surface area contributed by atoms with Crippen molar-refractivity contribution in [1.82, 2.24) is 0 Å². The van der Waals surface area contributed by atoms with Gasteiger partial charge in [-0.05, 0) is 84.7 Å². The van der Waals surface area contributed by atoms with Crippen LogP contribution >= 0.6 is 0 Å². The maximum atomic E-state index is 14.6. The Morgan fingerprint density at radius 1 is 0.667 bits per heavy atom. The molecule has 4 rings (SSSR count). The Labute approximate surface area is 206 Å². The van der Waals surface area contributed by atoms with Gasteiger partial charge in [0.15, 0.2) is 11.6 Å². The van der Waals surface area contributed by atoms with Crippen LogP contribution in [0.15, 0.2) is 60.7 Å². The summed E-state index contributed by atoms with van der Waals surface area (Å²) in [6, 6.07) is 14.2. The van der Waals surface area contributed by atoms with E-state index in [9.17, 15) is 22.0 Å². The Balaban J connectivity index is 1.45. The molecule has 0 fully saturated rings. The zero-order valence-corrected chi connectivity index (χ0v) is 19.6. The van der Waals surface area contributed by atoms with Crippen LogP contribution in [0.5, 0.6) is 0 Å². The molecule has 0 atom stereocenters. The summed E-state index contributed by atoms with van der Waals surface area (Å²) in [5, 5.41) is 0.628. The minimum atomic E-state index is -0.927. The number of benzene rings is 4. The molecule has 0 saturated carbocycles. The first-order valence-electron chi connectivity index (χ1n) is 11.5.